The molecular weight excluding hydrogens is 426 g/mol. The van der Waals surface area contributed by atoms with Gasteiger partial charge in [0.25, 0.3) is 15.9 Å². The van der Waals surface area contributed by atoms with Crippen LogP contribution in [0.25, 0.3) is 0 Å². The predicted octanol–water partition coefficient (Wildman–Crippen LogP) is 2.61. The van der Waals surface area contributed by atoms with Crippen molar-refractivity contribution in [2.24, 2.45) is 5.92 Å². The lowest BCUT2D eigenvalue weighted by Gasteiger charge is -2.30. The quantitative estimate of drug-likeness (QED) is 0.692. The van der Waals surface area contributed by atoms with Gasteiger partial charge in [0, 0.05) is 19.2 Å². The molecule has 0 aliphatic carbocycles. The van der Waals surface area contributed by atoms with E-state index < -0.39 is 46.1 Å². The third-order valence-electron chi connectivity index (χ3n) is 4.35. The second kappa shape index (κ2) is 8.97. The molecule has 2 heterocycles. The number of amides is 1. The molecule has 1 unspecified atom stereocenters. The molecule has 1 aromatic carbocycles. The molecule has 1 saturated heterocycles. The fourth-order valence-electron chi connectivity index (χ4n) is 2.92. The van der Waals surface area contributed by atoms with Gasteiger partial charge in [-0.25, -0.2) is 17.2 Å². The number of carbonyl (C=O) groups excluding carboxylic acids is 2. The molecule has 1 aliphatic rings. The minimum atomic E-state index is -3.68. The van der Waals surface area contributed by atoms with E-state index in [0.717, 1.165) is 29.5 Å². The highest BCUT2D eigenvalue weighted by Gasteiger charge is 2.34. The summed E-state index contributed by atoms with van der Waals surface area (Å²) in [5.74, 6) is -3.81. The second-order valence-electron chi connectivity index (χ2n) is 6.41. The fourth-order valence-corrected chi connectivity index (χ4v) is 5.59. The van der Waals surface area contributed by atoms with E-state index in [1.165, 1.54) is 10.4 Å². The van der Waals surface area contributed by atoms with Gasteiger partial charge in [-0.15, -0.1) is 11.3 Å². The lowest BCUT2D eigenvalue weighted by molar-refractivity contribution is -0.152. The van der Waals surface area contributed by atoms with Crippen molar-refractivity contribution in [3.63, 3.8) is 0 Å². The molecule has 29 heavy (non-hydrogen) atoms. The van der Waals surface area contributed by atoms with Crippen LogP contribution in [0, 0.1) is 17.6 Å². The molecule has 0 spiro atoms. The number of ether oxygens (including phenoxy) is 1. The van der Waals surface area contributed by atoms with Gasteiger partial charge in [-0.2, -0.15) is 4.31 Å². The summed E-state index contributed by atoms with van der Waals surface area (Å²) in [5, 5.41) is 3.78. The van der Waals surface area contributed by atoms with Crippen molar-refractivity contribution < 1.29 is 31.5 Å². The molecule has 1 aliphatic heterocycles. The van der Waals surface area contributed by atoms with Crippen LogP contribution in [0.5, 0.6) is 0 Å². The monoisotopic (exact) mass is 444 g/mol. The summed E-state index contributed by atoms with van der Waals surface area (Å²) in [4.78, 5) is 24.1. The summed E-state index contributed by atoms with van der Waals surface area (Å²) in [5.41, 5.74) is -0.364. The average molecular weight is 444 g/mol. The van der Waals surface area contributed by atoms with Gasteiger partial charge in [-0.3, -0.25) is 9.59 Å². The maximum atomic E-state index is 13.5. The van der Waals surface area contributed by atoms with Crippen LogP contribution in [0.15, 0.2) is 39.9 Å². The Hall–Kier alpha value is -2.37. The van der Waals surface area contributed by atoms with Crippen LogP contribution in [0.3, 0.4) is 0 Å². The van der Waals surface area contributed by atoms with E-state index in [1.54, 1.807) is 11.4 Å². The number of sulfonamides is 1. The molecule has 1 N–H and O–H groups in total. The molecule has 11 heteroatoms. The zero-order chi connectivity index (χ0) is 21.0. The van der Waals surface area contributed by atoms with Crippen molar-refractivity contribution in [3.8, 4) is 0 Å². The summed E-state index contributed by atoms with van der Waals surface area (Å²) in [6, 6.07) is 5.71. The number of nitrogens with one attached hydrogen (secondary N) is 1. The lowest BCUT2D eigenvalue weighted by atomic mass is 10.00. The van der Waals surface area contributed by atoms with Crippen LogP contribution >= 0.6 is 11.3 Å². The molecular formula is C18H18F2N2O5S2. The van der Waals surface area contributed by atoms with E-state index in [0.29, 0.717) is 19.4 Å². The van der Waals surface area contributed by atoms with E-state index in [2.05, 4.69) is 5.32 Å². The predicted molar refractivity (Wildman–Crippen MR) is 102 cm³/mol. The number of esters is 1. The van der Waals surface area contributed by atoms with E-state index in [1.807, 2.05) is 0 Å². The Morgan fingerprint density at radius 3 is 2.79 bits per heavy atom. The first-order chi connectivity index (χ1) is 13.8. The number of nitrogens with zero attached hydrogens (tertiary/aromatic N) is 1. The van der Waals surface area contributed by atoms with Gasteiger partial charge in [-0.1, -0.05) is 6.07 Å². The number of rotatable bonds is 6. The van der Waals surface area contributed by atoms with Gasteiger partial charge in [-0.05, 0) is 36.4 Å². The number of hydrogen-bond donors (Lipinski definition) is 1. The largest absolute Gasteiger partial charge is 0.455 e. The summed E-state index contributed by atoms with van der Waals surface area (Å²) in [6.07, 6.45) is 0.903. The Balaban J connectivity index is 1.55. The van der Waals surface area contributed by atoms with Crippen LogP contribution in [-0.2, 0) is 24.3 Å². The number of carbonyl (C=O) groups is 2. The highest BCUT2D eigenvalue weighted by atomic mass is 32.2. The van der Waals surface area contributed by atoms with Crippen LogP contribution < -0.4 is 5.32 Å². The fraction of sp³-hybridized carbons (Fsp3) is 0.333. The molecule has 0 saturated carbocycles. The maximum absolute atomic E-state index is 13.5. The van der Waals surface area contributed by atoms with Gasteiger partial charge >= 0.3 is 5.97 Å². The summed E-state index contributed by atoms with van der Waals surface area (Å²) < 4.78 is 58.3. The number of anilines is 1. The van der Waals surface area contributed by atoms with Crippen LogP contribution in [0.4, 0.5) is 14.5 Å². The van der Waals surface area contributed by atoms with Crippen molar-refractivity contribution in [1.29, 1.82) is 0 Å². The summed E-state index contributed by atoms with van der Waals surface area (Å²) in [7, 11) is -3.68. The Morgan fingerprint density at radius 2 is 2.07 bits per heavy atom. The molecule has 7 nitrogen and oxygen atoms in total. The Kier molecular flexibility index (Phi) is 6.60. The lowest BCUT2D eigenvalue weighted by Crippen LogP contribution is -2.42. The number of piperidine rings is 1. The standard InChI is InChI=1S/C18H18F2N2O5S2/c19-13-5-6-14(20)15(9-13)21-16(23)11-27-18(24)12-3-1-7-22(10-12)29(25,26)17-4-2-8-28-17/h2,4-6,8-9,12H,1,3,7,10-11H2,(H,21,23). The van der Waals surface area contributed by atoms with E-state index in [9.17, 15) is 26.8 Å². The van der Waals surface area contributed by atoms with Gasteiger partial charge < -0.3 is 10.1 Å². The topological polar surface area (TPSA) is 92.8 Å². The third-order valence-corrected chi connectivity index (χ3v) is 7.59. The van der Waals surface area contributed by atoms with Crippen molar-refractivity contribution in [2.45, 2.75) is 17.1 Å². The van der Waals surface area contributed by atoms with Crippen molar-refractivity contribution >= 4 is 38.9 Å². The molecule has 1 aromatic heterocycles. The van der Waals surface area contributed by atoms with Gasteiger partial charge in [0.2, 0.25) is 0 Å². The molecule has 1 atom stereocenters. The number of thiophene rings is 1. The summed E-state index contributed by atoms with van der Waals surface area (Å²) in [6.45, 7) is -0.439. The maximum Gasteiger partial charge on any atom is 0.310 e. The Bertz CT molecular complexity index is 996. The zero-order valence-corrected chi connectivity index (χ0v) is 16.8. The second-order valence-corrected chi connectivity index (χ2v) is 9.53. The highest BCUT2D eigenvalue weighted by molar-refractivity contribution is 7.91. The minimum absolute atomic E-state index is 0.0425. The van der Waals surface area contributed by atoms with E-state index >= 15 is 0 Å². The molecule has 2 aromatic rings. The number of halogens is 2. The summed E-state index contributed by atoms with van der Waals surface area (Å²) >= 11 is 1.09. The van der Waals surface area contributed by atoms with Crippen molar-refractivity contribution in [3.05, 3.63) is 47.3 Å². The van der Waals surface area contributed by atoms with Crippen LogP contribution in [0.2, 0.25) is 0 Å². The van der Waals surface area contributed by atoms with Crippen molar-refractivity contribution in [2.75, 3.05) is 25.0 Å². The Morgan fingerprint density at radius 1 is 1.28 bits per heavy atom. The molecule has 1 amide bonds. The smallest absolute Gasteiger partial charge is 0.310 e. The minimum Gasteiger partial charge on any atom is -0.455 e. The van der Waals surface area contributed by atoms with Gasteiger partial charge in [0.15, 0.2) is 6.61 Å². The van der Waals surface area contributed by atoms with E-state index in [4.69, 9.17) is 4.74 Å². The molecule has 0 bridgehead atoms. The van der Waals surface area contributed by atoms with Gasteiger partial charge in [0.1, 0.15) is 15.8 Å². The molecule has 3 rings (SSSR count). The molecule has 1 fully saturated rings. The van der Waals surface area contributed by atoms with Gasteiger partial charge in [0.05, 0.1) is 11.6 Å². The average Bonchev–Trinajstić information content (AvgIpc) is 3.25. The molecule has 0 radical (unpaired) electrons. The molecule has 156 valence electrons. The third kappa shape index (κ3) is 5.17. The first-order valence-corrected chi connectivity index (χ1v) is 11.0. The first kappa shape index (κ1) is 21.3. The van der Waals surface area contributed by atoms with Crippen LogP contribution in [0.1, 0.15) is 12.8 Å². The zero-order valence-electron chi connectivity index (χ0n) is 15.1. The number of hydrogen-bond acceptors (Lipinski definition) is 6. The number of benzene rings is 1. The normalized spacial score (nSPS) is 17.7. The Labute approximate surface area is 170 Å². The van der Waals surface area contributed by atoms with Crippen LogP contribution in [-0.4, -0.2) is 44.3 Å². The SMILES string of the molecule is O=C(COC(=O)C1CCCN(S(=O)(=O)c2cccs2)C1)Nc1cc(F)ccc1F. The highest BCUT2D eigenvalue weighted by Crippen LogP contribution is 2.27. The first-order valence-electron chi connectivity index (χ1n) is 8.72. The van der Waals surface area contributed by atoms with E-state index in [-0.39, 0.29) is 16.4 Å². The van der Waals surface area contributed by atoms with Crippen molar-refractivity contribution in [1.82, 2.24) is 4.31 Å².